The van der Waals surface area contributed by atoms with Crippen molar-refractivity contribution in [1.29, 1.82) is 0 Å². The van der Waals surface area contributed by atoms with Crippen LogP contribution in [0.5, 0.6) is 0 Å². The van der Waals surface area contributed by atoms with Crippen molar-refractivity contribution in [3.8, 4) is 0 Å². The molecule has 0 aliphatic carbocycles. The molecule has 2 fully saturated rings. The van der Waals surface area contributed by atoms with E-state index in [0.717, 1.165) is 30.9 Å². The van der Waals surface area contributed by atoms with Crippen LogP contribution in [0.25, 0.3) is 0 Å². The van der Waals surface area contributed by atoms with Crippen molar-refractivity contribution in [1.82, 2.24) is 4.98 Å². The van der Waals surface area contributed by atoms with E-state index in [-0.39, 0.29) is 11.8 Å². The Kier molecular flexibility index (Phi) is 5.02. The Hall–Kier alpha value is -2.93. The third-order valence-corrected chi connectivity index (χ3v) is 4.86. The summed E-state index contributed by atoms with van der Waals surface area (Å²) in [4.78, 5) is 32.8. The van der Waals surface area contributed by atoms with Crippen LogP contribution in [0.2, 0.25) is 0 Å². The van der Waals surface area contributed by atoms with Crippen LogP contribution in [0.3, 0.4) is 0 Å². The van der Waals surface area contributed by atoms with Crippen molar-refractivity contribution < 1.29 is 14.3 Å². The van der Waals surface area contributed by atoms with Crippen molar-refractivity contribution in [2.45, 2.75) is 12.8 Å². The number of hydrogen-bond donors (Lipinski definition) is 1. The highest BCUT2D eigenvalue weighted by Gasteiger charge is 2.22. The summed E-state index contributed by atoms with van der Waals surface area (Å²) in [5.74, 6) is 0.364. The van der Waals surface area contributed by atoms with Crippen molar-refractivity contribution in [2.24, 2.45) is 0 Å². The summed E-state index contributed by atoms with van der Waals surface area (Å²) in [5, 5.41) is 2.82. The lowest BCUT2D eigenvalue weighted by atomic mass is 10.1. The molecule has 1 aromatic carbocycles. The number of ether oxygens (including phenoxy) is 1. The zero-order valence-corrected chi connectivity index (χ0v) is 15.1. The number of rotatable bonds is 4. The molecule has 0 unspecified atom stereocenters. The molecule has 2 aliphatic rings. The molecule has 27 heavy (non-hydrogen) atoms. The lowest BCUT2D eigenvalue weighted by Gasteiger charge is -2.28. The highest BCUT2D eigenvalue weighted by atomic mass is 16.5. The van der Waals surface area contributed by atoms with E-state index >= 15 is 0 Å². The minimum atomic E-state index is -0.241. The van der Waals surface area contributed by atoms with Gasteiger partial charge < -0.3 is 19.9 Å². The van der Waals surface area contributed by atoms with Gasteiger partial charge in [0.25, 0.3) is 5.91 Å². The van der Waals surface area contributed by atoms with Gasteiger partial charge in [-0.15, -0.1) is 0 Å². The topological polar surface area (TPSA) is 74.8 Å². The van der Waals surface area contributed by atoms with Gasteiger partial charge in [0.15, 0.2) is 0 Å². The van der Waals surface area contributed by atoms with Crippen LogP contribution in [-0.2, 0) is 9.53 Å². The number of carbonyl (C=O) groups excluding carboxylic acids is 2. The van der Waals surface area contributed by atoms with Crippen LogP contribution >= 0.6 is 0 Å². The van der Waals surface area contributed by atoms with Gasteiger partial charge in [-0.05, 0) is 36.8 Å². The standard InChI is InChI=1S/C20H22N4O3/c25-19-5-2-8-24(19)16-4-1-3-15(13-16)20(26)22-18-7-6-17(14-21-18)23-9-11-27-12-10-23/h1,3-4,6-7,13-14H,2,5,8-12H2,(H,21,22,26). The largest absolute Gasteiger partial charge is 0.378 e. The molecule has 4 rings (SSSR count). The molecule has 2 amide bonds. The Morgan fingerprint density at radius 2 is 1.93 bits per heavy atom. The number of amides is 2. The van der Waals surface area contributed by atoms with Gasteiger partial charge in [-0.2, -0.15) is 0 Å². The maximum atomic E-state index is 12.6. The van der Waals surface area contributed by atoms with Crippen LogP contribution in [0.1, 0.15) is 23.2 Å². The van der Waals surface area contributed by atoms with Crippen LogP contribution in [0, 0.1) is 0 Å². The summed E-state index contributed by atoms with van der Waals surface area (Å²) < 4.78 is 5.36. The molecule has 0 radical (unpaired) electrons. The zero-order valence-electron chi connectivity index (χ0n) is 15.1. The van der Waals surface area contributed by atoms with Gasteiger partial charge in [0.05, 0.1) is 25.1 Å². The maximum Gasteiger partial charge on any atom is 0.256 e. The molecule has 2 saturated heterocycles. The van der Waals surface area contributed by atoms with E-state index in [4.69, 9.17) is 4.74 Å². The van der Waals surface area contributed by atoms with Crippen LogP contribution in [-0.4, -0.2) is 49.6 Å². The lowest BCUT2D eigenvalue weighted by Crippen LogP contribution is -2.36. The van der Waals surface area contributed by atoms with E-state index in [1.807, 2.05) is 12.1 Å². The van der Waals surface area contributed by atoms with Crippen molar-refractivity contribution >= 4 is 29.0 Å². The third kappa shape index (κ3) is 3.93. The first kappa shape index (κ1) is 17.5. The highest BCUT2D eigenvalue weighted by Crippen LogP contribution is 2.23. The van der Waals surface area contributed by atoms with E-state index in [2.05, 4.69) is 15.2 Å². The Labute approximate surface area is 157 Å². The fraction of sp³-hybridized carbons (Fsp3) is 0.350. The molecule has 0 spiro atoms. The lowest BCUT2D eigenvalue weighted by molar-refractivity contribution is -0.117. The minimum Gasteiger partial charge on any atom is -0.378 e. The minimum absolute atomic E-state index is 0.105. The van der Waals surface area contributed by atoms with E-state index in [9.17, 15) is 9.59 Å². The molecular formula is C20H22N4O3. The number of benzene rings is 1. The first-order valence-electron chi connectivity index (χ1n) is 9.21. The summed E-state index contributed by atoms with van der Waals surface area (Å²) in [7, 11) is 0. The Morgan fingerprint density at radius 3 is 2.63 bits per heavy atom. The van der Waals surface area contributed by atoms with Gasteiger partial charge >= 0.3 is 0 Å². The molecule has 7 heteroatoms. The maximum absolute atomic E-state index is 12.6. The van der Waals surface area contributed by atoms with E-state index < -0.39 is 0 Å². The second-order valence-corrected chi connectivity index (χ2v) is 6.65. The summed E-state index contributed by atoms with van der Waals surface area (Å²) >= 11 is 0. The summed E-state index contributed by atoms with van der Waals surface area (Å²) in [6.45, 7) is 3.82. The summed E-state index contributed by atoms with van der Waals surface area (Å²) in [6.07, 6.45) is 3.19. The van der Waals surface area contributed by atoms with Crippen LogP contribution < -0.4 is 15.1 Å². The third-order valence-electron chi connectivity index (χ3n) is 4.86. The molecule has 0 atom stereocenters. The molecule has 0 bridgehead atoms. The number of nitrogens with zero attached hydrogens (tertiary/aromatic N) is 3. The quantitative estimate of drug-likeness (QED) is 0.899. The smallest absolute Gasteiger partial charge is 0.256 e. The average Bonchev–Trinajstić information content (AvgIpc) is 3.15. The predicted molar refractivity (Wildman–Crippen MR) is 103 cm³/mol. The molecule has 3 heterocycles. The predicted octanol–water partition coefficient (Wildman–Crippen LogP) is 2.30. The number of carbonyl (C=O) groups is 2. The van der Waals surface area contributed by atoms with E-state index in [1.54, 1.807) is 35.4 Å². The number of pyridine rings is 1. The van der Waals surface area contributed by atoms with Gasteiger partial charge in [0.2, 0.25) is 5.91 Å². The first-order chi connectivity index (χ1) is 13.2. The van der Waals surface area contributed by atoms with Crippen LogP contribution in [0.4, 0.5) is 17.2 Å². The number of morpholine rings is 1. The van der Waals surface area contributed by atoms with E-state index in [0.29, 0.717) is 37.6 Å². The highest BCUT2D eigenvalue weighted by molar-refractivity contribution is 6.05. The molecule has 2 aromatic rings. The van der Waals surface area contributed by atoms with Gasteiger partial charge in [0.1, 0.15) is 5.82 Å². The number of nitrogens with one attached hydrogen (secondary N) is 1. The average molecular weight is 366 g/mol. The zero-order chi connectivity index (χ0) is 18.6. The van der Waals surface area contributed by atoms with Crippen molar-refractivity contribution in [3.05, 3.63) is 48.2 Å². The van der Waals surface area contributed by atoms with E-state index in [1.165, 1.54) is 0 Å². The summed E-state index contributed by atoms with van der Waals surface area (Å²) in [5.41, 5.74) is 2.29. The fourth-order valence-corrected chi connectivity index (χ4v) is 3.39. The van der Waals surface area contributed by atoms with Gasteiger partial charge in [-0.3, -0.25) is 9.59 Å². The Morgan fingerprint density at radius 1 is 1.07 bits per heavy atom. The number of anilines is 3. The SMILES string of the molecule is O=C(Nc1ccc(N2CCOCC2)cn1)c1cccc(N2CCCC2=O)c1. The van der Waals surface area contributed by atoms with Gasteiger partial charge in [0, 0.05) is 37.3 Å². The number of hydrogen-bond acceptors (Lipinski definition) is 5. The van der Waals surface area contributed by atoms with Gasteiger partial charge in [-0.1, -0.05) is 6.07 Å². The monoisotopic (exact) mass is 366 g/mol. The van der Waals surface area contributed by atoms with Gasteiger partial charge in [-0.25, -0.2) is 4.98 Å². The number of aromatic nitrogens is 1. The second kappa shape index (κ2) is 7.75. The molecule has 2 aliphatic heterocycles. The molecule has 1 N–H and O–H groups in total. The molecule has 7 nitrogen and oxygen atoms in total. The van der Waals surface area contributed by atoms with Crippen molar-refractivity contribution in [3.63, 3.8) is 0 Å². The molecule has 1 aromatic heterocycles. The fourth-order valence-electron chi connectivity index (χ4n) is 3.39. The van der Waals surface area contributed by atoms with Crippen LogP contribution in [0.15, 0.2) is 42.6 Å². The summed E-state index contributed by atoms with van der Waals surface area (Å²) in [6, 6.07) is 10.9. The molecule has 140 valence electrons. The van der Waals surface area contributed by atoms with Crippen molar-refractivity contribution in [2.75, 3.05) is 48.0 Å². The normalized spacial score (nSPS) is 17.3. The Balaban J connectivity index is 1.43. The molecular weight excluding hydrogens is 344 g/mol. The molecule has 0 saturated carbocycles. The second-order valence-electron chi connectivity index (χ2n) is 6.65. The first-order valence-corrected chi connectivity index (χ1v) is 9.21. The Bertz CT molecular complexity index is 831.